The van der Waals surface area contributed by atoms with Gasteiger partial charge in [0.2, 0.25) is 0 Å². The van der Waals surface area contributed by atoms with E-state index in [0.717, 1.165) is 0 Å². The van der Waals surface area contributed by atoms with Crippen LogP contribution in [0.15, 0.2) is 35.2 Å². The highest BCUT2D eigenvalue weighted by Gasteiger charge is 2.12. The first-order chi connectivity index (χ1) is 6.91. The highest BCUT2D eigenvalue weighted by molar-refractivity contribution is 8.13. The van der Waals surface area contributed by atoms with Gasteiger partial charge in [-0.25, -0.2) is 8.42 Å². The molecular formula is C10H10Cl2O2S. The fourth-order valence-corrected chi connectivity index (χ4v) is 2.23. The Bertz CT molecular complexity index is 464. The zero-order valence-electron chi connectivity index (χ0n) is 8.02. The summed E-state index contributed by atoms with van der Waals surface area (Å²) >= 11 is 5.73. The molecule has 0 spiro atoms. The predicted octanol–water partition coefficient (Wildman–Crippen LogP) is 3.25. The lowest BCUT2D eigenvalue weighted by molar-refractivity contribution is 0.609. The lowest BCUT2D eigenvalue weighted by Gasteiger charge is -2.01. The van der Waals surface area contributed by atoms with Crippen molar-refractivity contribution < 1.29 is 8.42 Å². The van der Waals surface area contributed by atoms with Crippen molar-refractivity contribution in [2.24, 2.45) is 0 Å². The molecule has 5 heteroatoms. The summed E-state index contributed by atoms with van der Waals surface area (Å²) in [5, 5.41) is -0.156. The average molecular weight is 265 g/mol. The van der Waals surface area contributed by atoms with Crippen molar-refractivity contribution in [1.82, 2.24) is 0 Å². The fraction of sp³-hybridized carbons (Fsp3) is 0.200. The van der Waals surface area contributed by atoms with Crippen LogP contribution in [0.4, 0.5) is 0 Å². The molecule has 2 nitrogen and oxygen atoms in total. The van der Waals surface area contributed by atoms with Crippen LogP contribution in [0.25, 0.3) is 6.08 Å². The molecule has 0 radical (unpaired) electrons. The van der Waals surface area contributed by atoms with Crippen LogP contribution in [0.3, 0.4) is 0 Å². The van der Waals surface area contributed by atoms with Crippen LogP contribution in [0.1, 0.15) is 12.5 Å². The van der Waals surface area contributed by atoms with Crippen molar-refractivity contribution in [1.29, 1.82) is 0 Å². The second-order valence-corrected chi connectivity index (χ2v) is 6.24. The number of rotatable bonds is 3. The maximum Gasteiger partial charge on any atom is 0.261 e. The van der Waals surface area contributed by atoms with Gasteiger partial charge in [0, 0.05) is 16.1 Å². The van der Waals surface area contributed by atoms with Crippen molar-refractivity contribution in [3.63, 3.8) is 0 Å². The molecule has 0 saturated heterocycles. The van der Waals surface area contributed by atoms with E-state index in [1.54, 1.807) is 37.3 Å². The first-order valence-electron chi connectivity index (χ1n) is 4.27. The first kappa shape index (κ1) is 12.6. The van der Waals surface area contributed by atoms with Crippen molar-refractivity contribution in [2.45, 2.75) is 17.2 Å². The molecule has 0 N–H and O–H groups in total. The largest absolute Gasteiger partial charge is 0.261 e. The Hall–Kier alpha value is -0.510. The number of allylic oxidation sites excluding steroid dienone is 1. The quantitative estimate of drug-likeness (QED) is 0.621. The normalized spacial score (nSPS) is 14.3. The fourth-order valence-electron chi connectivity index (χ4n) is 1.08. The molecule has 1 aromatic carbocycles. The maximum absolute atomic E-state index is 11.2. The molecule has 1 aromatic rings. The van der Waals surface area contributed by atoms with Crippen LogP contribution in [0, 0.1) is 0 Å². The monoisotopic (exact) mass is 264 g/mol. The molecule has 0 saturated carbocycles. The molecule has 1 atom stereocenters. The van der Waals surface area contributed by atoms with E-state index in [0.29, 0.717) is 5.56 Å². The Morgan fingerprint density at radius 3 is 2.47 bits per heavy atom. The summed E-state index contributed by atoms with van der Waals surface area (Å²) in [6.45, 7) is 1.79. The van der Waals surface area contributed by atoms with E-state index in [1.807, 2.05) is 0 Å². The van der Waals surface area contributed by atoms with Crippen molar-refractivity contribution in [3.05, 3.63) is 35.9 Å². The van der Waals surface area contributed by atoms with Crippen LogP contribution in [-0.4, -0.2) is 13.8 Å². The van der Waals surface area contributed by atoms with E-state index < -0.39 is 9.05 Å². The Labute approximate surface area is 98.9 Å². The van der Waals surface area contributed by atoms with Gasteiger partial charge in [-0.3, -0.25) is 0 Å². The minimum atomic E-state index is -3.70. The van der Waals surface area contributed by atoms with Crippen LogP contribution in [0.2, 0.25) is 0 Å². The molecule has 0 aliphatic rings. The number of benzene rings is 1. The van der Waals surface area contributed by atoms with E-state index in [4.69, 9.17) is 22.3 Å². The lowest BCUT2D eigenvalue weighted by atomic mass is 10.2. The van der Waals surface area contributed by atoms with Crippen molar-refractivity contribution >= 4 is 37.4 Å². The van der Waals surface area contributed by atoms with Gasteiger partial charge >= 0.3 is 0 Å². The second-order valence-electron chi connectivity index (χ2n) is 3.01. The molecule has 0 aromatic heterocycles. The smallest absolute Gasteiger partial charge is 0.207 e. The summed E-state index contributed by atoms with van der Waals surface area (Å²) in [6.07, 6.45) is 3.34. The molecule has 0 amide bonds. The first-order valence-corrected chi connectivity index (χ1v) is 7.02. The Morgan fingerprint density at radius 1 is 1.33 bits per heavy atom. The number of hydrogen-bond acceptors (Lipinski definition) is 2. The third-order valence-corrected chi connectivity index (χ3v) is 3.26. The van der Waals surface area contributed by atoms with Gasteiger partial charge in [0.05, 0.1) is 4.90 Å². The molecule has 0 bridgehead atoms. The van der Waals surface area contributed by atoms with E-state index in [2.05, 4.69) is 0 Å². The minimum Gasteiger partial charge on any atom is -0.207 e. The van der Waals surface area contributed by atoms with Gasteiger partial charge in [-0.1, -0.05) is 30.4 Å². The van der Waals surface area contributed by atoms with Crippen molar-refractivity contribution in [3.8, 4) is 0 Å². The van der Waals surface area contributed by atoms with Crippen LogP contribution in [0.5, 0.6) is 0 Å². The third-order valence-electron chi connectivity index (χ3n) is 1.72. The minimum absolute atomic E-state index is 0.0974. The number of halogens is 2. The molecule has 82 valence electrons. The van der Waals surface area contributed by atoms with Gasteiger partial charge in [0.15, 0.2) is 0 Å². The summed E-state index contributed by atoms with van der Waals surface area (Å²) in [5.41, 5.74) is 0.542. The van der Waals surface area contributed by atoms with Gasteiger partial charge in [-0.15, -0.1) is 11.6 Å². The van der Waals surface area contributed by atoms with Crippen LogP contribution in [-0.2, 0) is 9.05 Å². The predicted molar refractivity (Wildman–Crippen MR) is 63.8 cm³/mol. The van der Waals surface area contributed by atoms with Crippen LogP contribution >= 0.6 is 22.3 Å². The zero-order valence-corrected chi connectivity index (χ0v) is 10.4. The summed E-state index contributed by atoms with van der Waals surface area (Å²) in [7, 11) is 1.58. The molecule has 0 fully saturated rings. The highest BCUT2D eigenvalue weighted by atomic mass is 35.7. The van der Waals surface area contributed by atoms with Gasteiger partial charge in [0.25, 0.3) is 9.05 Å². The van der Waals surface area contributed by atoms with Gasteiger partial charge < -0.3 is 0 Å². The van der Waals surface area contributed by atoms with Gasteiger partial charge in [-0.2, -0.15) is 0 Å². The SMILES string of the molecule is CC(Cl)/C=C/c1ccccc1S(=O)(=O)Cl. The molecule has 15 heavy (non-hydrogen) atoms. The second kappa shape index (κ2) is 5.01. The summed E-state index contributed by atoms with van der Waals surface area (Å²) in [6, 6.07) is 6.49. The Morgan fingerprint density at radius 2 is 1.93 bits per heavy atom. The molecular weight excluding hydrogens is 255 g/mol. The summed E-state index contributed by atoms with van der Waals surface area (Å²) in [4.78, 5) is 0.0974. The molecule has 1 rings (SSSR count). The van der Waals surface area contributed by atoms with E-state index in [9.17, 15) is 8.42 Å². The Balaban J connectivity index is 3.19. The number of hydrogen-bond donors (Lipinski definition) is 0. The molecule has 1 unspecified atom stereocenters. The molecule has 0 aliphatic heterocycles. The Kier molecular flexibility index (Phi) is 4.20. The van der Waals surface area contributed by atoms with Gasteiger partial charge in [0.1, 0.15) is 0 Å². The maximum atomic E-state index is 11.2. The van der Waals surface area contributed by atoms with E-state index in [-0.39, 0.29) is 10.3 Å². The van der Waals surface area contributed by atoms with E-state index >= 15 is 0 Å². The van der Waals surface area contributed by atoms with E-state index in [1.165, 1.54) is 6.07 Å². The molecule has 0 heterocycles. The number of alkyl halides is 1. The van der Waals surface area contributed by atoms with Crippen molar-refractivity contribution in [2.75, 3.05) is 0 Å². The molecule has 0 aliphatic carbocycles. The zero-order chi connectivity index (χ0) is 11.5. The summed E-state index contributed by atoms with van der Waals surface area (Å²) < 4.78 is 22.4. The van der Waals surface area contributed by atoms with Crippen LogP contribution < -0.4 is 0 Å². The standard InChI is InChI=1S/C10H10Cl2O2S/c1-8(11)6-7-9-4-2-3-5-10(9)15(12,13)14/h2-8H,1H3/b7-6+. The lowest BCUT2D eigenvalue weighted by Crippen LogP contribution is -1.94. The topological polar surface area (TPSA) is 34.1 Å². The third kappa shape index (κ3) is 3.86. The highest BCUT2D eigenvalue weighted by Crippen LogP contribution is 2.21. The average Bonchev–Trinajstić information content (AvgIpc) is 2.13. The summed E-state index contributed by atoms with van der Waals surface area (Å²) in [5.74, 6) is 0. The van der Waals surface area contributed by atoms with Gasteiger partial charge in [-0.05, 0) is 18.6 Å².